The van der Waals surface area contributed by atoms with Crippen LogP contribution in [0.4, 0.5) is 10.2 Å². The first kappa shape index (κ1) is 11.6. The summed E-state index contributed by atoms with van der Waals surface area (Å²) < 4.78 is 17.7. The van der Waals surface area contributed by atoms with E-state index in [1.165, 1.54) is 18.2 Å². The van der Waals surface area contributed by atoms with Crippen molar-refractivity contribution < 1.29 is 13.9 Å². The molecule has 1 rings (SSSR count). The minimum absolute atomic E-state index is 0.0174. The number of amides is 1. The van der Waals surface area contributed by atoms with Crippen molar-refractivity contribution in [1.29, 1.82) is 0 Å². The van der Waals surface area contributed by atoms with E-state index in [-0.39, 0.29) is 24.4 Å². The highest BCUT2D eigenvalue weighted by molar-refractivity contribution is 5.90. The molecule has 5 heteroatoms. The molecule has 0 saturated heterocycles. The van der Waals surface area contributed by atoms with E-state index in [9.17, 15) is 9.18 Å². The zero-order valence-electron chi connectivity index (χ0n) is 8.66. The van der Waals surface area contributed by atoms with E-state index in [0.29, 0.717) is 0 Å². The summed E-state index contributed by atoms with van der Waals surface area (Å²) in [6.45, 7) is 3.59. The van der Waals surface area contributed by atoms with Gasteiger partial charge in [0.1, 0.15) is 12.4 Å². The molecule has 0 saturated carbocycles. The molecular weight excluding hydrogens is 199 g/mol. The van der Waals surface area contributed by atoms with Crippen molar-refractivity contribution in [3.8, 4) is 0 Å². The molecule has 1 heterocycles. The van der Waals surface area contributed by atoms with Gasteiger partial charge in [-0.1, -0.05) is 6.07 Å². The topological polar surface area (TPSA) is 51.2 Å². The van der Waals surface area contributed by atoms with Gasteiger partial charge in [-0.25, -0.2) is 4.98 Å². The molecule has 1 amide bonds. The van der Waals surface area contributed by atoms with E-state index in [0.717, 1.165) is 0 Å². The van der Waals surface area contributed by atoms with Crippen LogP contribution < -0.4 is 5.32 Å². The number of aromatic nitrogens is 1. The molecule has 0 bridgehead atoms. The number of anilines is 1. The van der Waals surface area contributed by atoms with Gasteiger partial charge in [-0.05, 0) is 26.0 Å². The fraction of sp³-hybridized carbons (Fsp3) is 0.400. The minimum atomic E-state index is -0.627. The molecule has 0 fully saturated rings. The summed E-state index contributed by atoms with van der Waals surface area (Å²) in [4.78, 5) is 14.7. The Kier molecular flexibility index (Phi) is 4.17. The van der Waals surface area contributed by atoms with E-state index in [1.807, 2.05) is 13.8 Å². The number of rotatable bonds is 4. The number of ether oxygens (including phenoxy) is 1. The number of nitrogens with zero attached hydrogens (tertiary/aromatic N) is 1. The third kappa shape index (κ3) is 4.51. The Labute approximate surface area is 87.5 Å². The molecule has 1 aromatic heterocycles. The summed E-state index contributed by atoms with van der Waals surface area (Å²) in [6, 6.07) is 4.19. The Balaban J connectivity index is 2.44. The fourth-order valence-corrected chi connectivity index (χ4v) is 0.899. The third-order valence-corrected chi connectivity index (χ3v) is 1.53. The first-order valence-electron chi connectivity index (χ1n) is 4.62. The molecule has 0 aliphatic heterocycles. The van der Waals surface area contributed by atoms with Crippen LogP contribution in [-0.2, 0) is 9.53 Å². The van der Waals surface area contributed by atoms with Crippen LogP contribution in [0.15, 0.2) is 18.2 Å². The Bertz CT molecular complexity index is 342. The van der Waals surface area contributed by atoms with Crippen LogP contribution in [0.1, 0.15) is 13.8 Å². The first-order valence-corrected chi connectivity index (χ1v) is 4.62. The van der Waals surface area contributed by atoms with Gasteiger partial charge in [0.15, 0.2) is 0 Å². The van der Waals surface area contributed by atoms with Crippen LogP contribution in [0.2, 0.25) is 0 Å². The van der Waals surface area contributed by atoms with Crippen LogP contribution in [0.5, 0.6) is 0 Å². The lowest BCUT2D eigenvalue weighted by molar-refractivity contribution is -0.121. The van der Waals surface area contributed by atoms with Crippen LogP contribution in [-0.4, -0.2) is 23.6 Å². The molecule has 0 atom stereocenters. The summed E-state index contributed by atoms with van der Waals surface area (Å²) >= 11 is 0. The lowest BCUT2D eigenvalue weighted by Crippen LogP contribution is -2.21. The molecule has 82 valence electrons. The van der Waals surface area contributed by atoms with E-state index >= 15 is 0 Å². The van der Waals surface area contributed by atoms with Crippen LogP contribution in [0.3, 0.4) is 0 Å². The fourth-order valence-electron chi connectivity index (χ4n) is 0.899. The normalized spacial score (nSPS) is 10.4. The number of halogens is 1. The van der Waals surface area contributed by atoms with E-state index < -0.39 is 5.95 Å². The average molecular weight is 212 g/mol. The quantitative estimate of drug-likeness (QED) is 0.771. The largest absolute Gasteiger partial charge is 0.369 e. The van der Waals surface area contributed by atoms with Crippen LogP contribution in [0.25, 0.3) is 0 Å². The van der Waals surface area contributed by atoms with Gasteiger partial charge < -0.3 is 10.1 Å². The molecule has 0 radical (unpaired) electrons. The van der Waals surface area contributed by atoms with Gasteiger partial charge in [0.05, 0.1) is 6.10 Å². The van der Waals surface area contributed by atoms with Crippen molar-refractivity contribution in [2.24, 2.45) is 0 Å². The van der Waals surface area contributed by atoms with Gasteiger partial charge in [0.2, 0.25) is 5.95 Å². The molecule has 1 N–H and O–H groups in total. The summed E-state index contributed by atoms with van der Waals surface area (Å²) in [5.41, 5.74) is 0. The monoisotopic (exact) mass is 212 g/mol. The van der Waals surface area contributed by atoms with Crippen molar-refractivity contribution >= 4 is 11.7 Å². The number of hydrogen-bond acceptors (Lipinski definition) is 3. The van der Waals surface area contributed by atoms with Gasteiger partial charge in [0.25, 0.3) is 5.91 Å². The van der Waals surface area contributed by atoms with Crippen molar-refractivity contribution in [3.63, 3.8) is 0 Å². The number of nitrogens with one attached hydrogen (secondary N) is 1. The minimum Gasteiger partial charge on any atom is -0.369 e. The van der Waals surface area contributed by atoms with Crippen molar-refractivity contribution in [1.82, 2.24) is 4.98 Å². The van der Waals surface area contributed by atoms with Gasteiger partial charge in [-0.2, -0.15) is 4.39 Å². The SMILES string of the molecule is CC(C)OCC(=O)Nc1cccc(F)n1. The van der Waals surface area contributed by atoms with Crippen molar-refractivity contribution in [2.75, 3.05) is 11.9 Å². The Hall–Kier alpha value is -1.49. The molecular formula is C10H13FN2O2. The van der Waals surface area contributed by atoms with Gasteiger partial charge in [-0.3, -0.25) is 4.79 Å². The van der Waals surface area contributed by atoms with Crippen molar-refractivity contribution in [2.45, 2.75) is 20.0 Å². The van der Waals surface area contributed by atoms with Gasteiger partial charge >= 0.3 is 0 Å². The zero-order chi connectivity index (χ0) is 11.3. The summed E-state index contributed by atoms with van der Waals surface area (Å²) in [7, 11) is 0. The predicted molar refractivity (Wildman–Crippen MR) is 53.9 cm³/mol. The summed E-state index contributed by atoms with van der Waals surface area (Å²) in [5, 5.41) is 2.42. The van der Waals surface area contributed by atoms with E-state index in [4.69, 9.17) is 4.74 Å². The maximum Gasteiger partial charge on any atom is 0.251 e. The Morgan fingerprint density at radius 3 is 2.93 bits per heavy atom. The lowest BCUT2D eigenvalue weighted by Gasteiger charge is -2.07. The first-order chi connectivity index (χ1) is 7.08. The smallest absolute Gasteiger partial charge is 0.251 e. The average Bonchev–Trinajstić information content (AvgIpc) is 2.15. The zero-order valence-corrected chi connectivity index (χ0v) is 8.66. The number of pyridine rings is 1. The maximum absolute atomic E-state index is 12.6. The van der Waals surface area contributed by atoms with Gasteiger partial charge in [-0.15, -0.1) is 0 Å². The van der Waals surface area contributed by atoms with Crippen LogP contribution >= 0.6 is 0 Å². The highest BCUT2D eigenvalue weighted by Crippen LogP contribution is 2.03. The lowest BCUT2D eigenvalue weighted by atomic mass is 10.4. The number of carbonyl (C=O) groups excluding carboxylic acids is 1. The van der Waals surface area contributed by atoms with Crippen molar-refractivity contribution in [3.05, 3.63) is 24.1 Å². The molecule has 0 unspecified atom stereocenters. The standard InChI is InChI=1S/C10H13FN2O2/c1-7(2)15-6-10(14)13-9-5-3-4-8(11)12-9/h3-5,7H,6H2,1-2H3,(H,12,13,14). The molecule has 15 heavy (non-hydrogen) atoms. The van der Waals surface area contributed by atoms with E-state index in [2.05, 4.69) is 10.3 Å². The second kappa shape index (κ2) is 5.41. The highest BCUT2D eigenvalue weighted by Gasteiger charge is 2.05. The molecule has 0 aromatic carbocycles. The second-order valence-corrected chi connectivity index (χ2v) is 3.25. The summed E-state index contributed by atoms with van der Waals surface area (Å²) in [5.74, 6) is -0.785. The number of carbonyl (C=O) groups is 1. The maximum atomic E-state index is 12.6. The summed E-state index contributed by atoms with van der Waals surface area (Å²) in [6.07, 6.45) is -0.0174. The second-order valence-electron chi connectivity index (χ2n) is 3.25. The highest BCUT2D eigenvalue weighted by atomic mass is 19.1. The number of hydrogen-bond donors (Lipinski definition) is 1. The molecule has 0 aliphatic carbocycles. The Morgan fingerprint density at radius 1 is 1.60 bits per heavy atom. The molecule has 4 nitrogen and oxygen atoms in total. The predicted octanol–water partition coefficient (Wildman–Crippen LogP) is 1.58. The molecule has 0 aliphatic rings. The Morgan fingerprint density at radius 2 is 2.33 bits per heavy atom. The van der Waals surface area contributed by atoms with Crippen LogP contribution in [0, 0.1) is 5.95 Å². The molecule has 0 spiro atoms. The van der Waals surface area contributed by atoms with Gasteiger partial charge in [0, 0.05) is 0 Å². The third-order valence-electron chi connectivity index (χ3n) is 1.53. The van der Waals surface area contributed by atoms with E-state index in [1.54, 1.807) is 0 Å². The molecule has 1 aromatic rings.